The average molecular weight is 504 g/mol. The van der Waals surface area contributed by atoms with Gasteiger partial charge in [0.15, 0.2) is 11.5 Å². The Balaban J connectivity index is 1.27. The van der Waals surface area contributed by atoms with Gasteiger partial charge in [-0.25, -0.2) is 0 Å². The molecule has 6 nitrogen and oxygen atoms in total. The number of ether oxygens (including phenoxy) is 2. The van der Waals surface area contributed by atoms with Crippen molar-refractivity contribution in [3.8, 4) is 17.6 Å². The zero-order valence-corrected chi connectivity index (χ0v) is 21.3. The average Bonchev–Trinajstić information content (AvgIpc) is 2.99. The topological polar surface area (TPSA) is 65.8 Å². The molecule has 190 valence electrons. The molecule has 1 saturated heterocycles. The minimum Gasteiger partial charge on any atom is -0.493 e. The number of fused-ring (bicyclic) bond motifs is 1. The van der Waals surface area contributed by atoms with E-state index < -0.39 is 0 Å². The number of benzene rings is 4. The number of hydrogen-bond acceptors (Lipinski definition) is 5. The van der Waals surface area contributed by atoms with Gasteiger partial charge in [-0.2, -0.15) is 5.26 Å². The lowest BCUT2D eigenvalue weighted by Gasteiger charge is -2.36. The zero-order valence-electron chi connectivity index (χ0n) is 21.3. The van der Waals surface area contributed by atoms with E-state index >= 15 is 0 Å². The van der Waals surface area contributed by atoms with Crippen LogP contribution in [0.15, 0.2) is 96.6 Å². The molecular formula is C32H29N3O3. The molecule has 1 fully saturated rings. The molecule has 0 radical (unpaired) electrons. The number of para-hydroxylation sites is 1. The van der Waals surface area contributed by atoms with E-state index in [0.717, 1.165) is 35.1 Å². The molecule has 1 amide bonds. The van der Waals surface area contributed by atoms with Crippen molar-refractivity contribution in [3.63, 3.8) is 0 Å². The maximum Gasteiger partial charge on any atom is 0.264 e. The fourth-order valence-corrected chi connectivity index (χ4v) is 4.75. The first-order chi connectivity index (χ1) is 18.7. The van der Waals surface area contributed by atoms with Crippen molar-refractivity contribution in [2.24, 2.45) is 0 Å². The van der Waals surface area contributed by atoms with Gasteiger partial charge in [0, 0.05) is 31.9 Å². The van der Waals surface area contributed by atoms with E-state index in [1.807, 2.05) is 48.5 Å². The van der Waals surface area contributed by atoms with Crippen molar-refractivity contribution < 1.29 is 14.3 Å². The molecule has 0 unspecified atom stereocenters. The highest BCUT2D eigenvalue weighted by molar-refractivity contribution is 6.01. The van der Waals surface area contributed by atoms with E-state index in [0.29, 0.717) is 36.8 Å². The minimum atomic E-state index is -0.254. The fraction of sp³-hybridized carbons (Fsp3) is 0.188. The van der Waals surface area contributed by atoms with Crippen molar-refractivity contribution >= 4 is 28.4 Å². The van der Waals surface area contributed by atoms with Crippen LogP contribution in [0.25, 0.3) is 16.8 Å². The summed E-state index contributed by atoms with van der Waals surface area (Å²) in [5.74, 6) is 0.884. The zero-order chi connectivity index (χ0) is 26.3. The number of piperazine rings is 1. The number of nitrogens with zero attached hydrogens (tertiary/aromatic N) is 3. The summed E-state index contributed by atoms with van der Waals surface area (Å²) >= 11 is 0. The molecule has 0 atom stereocenters. The number of methoxy groups -OCH3 is 1. The summed E-state index contributed by atoms with van der Waals surface area (Å²) in [4.78, 5) is 17.1. The van der Waals surface area contributed by atoms with Crippen molar-refractivity contribution in [3.05, 3.63) is 108 Å². The Bertz CT molecular complexity index is 1490. The van der Waals surface area contributed by atoms with E-state index in [4.69, 9.17) is 9.47 Å². The summed E-state index contributed by atoms with van der Waals surface area (Å²) in [5.41, 5.74) is 3.03. The molecule has 4 aromatic rings. The third-order valence-corrected chi connectivity index (χ3v) is 6.80. The highest BCUT2D eigenvalue weighted by Gasteiger charge is 2.24. The third kappa shape index (κ3) is 5.47. The van der Waals surface area contributed by atoms with Crippen LogP contribution in [0.1, 0.15) is 11.1 Å². The third-order valence-electron chi connectivity index (χ3n) is 6.80. The number of rotatable bonds is 7. The Morgan fingerprint density at radius 2 is 1.63 bits per heavy atom. The lowest BCUT2D eigenvalue weighted by Crippen LogP contribution is -2.49. The van der Waals surface area contributed by atoms with Gasteiger partial charge >= 0.3 is 0 Å². The first-order valence-electron chi connectivity index (χ1n) is 12.6. The summed E-state index contributed by atoms with van der Waals surface area (Å²) in [5, 5.41) is 12.1. The largest absolute Gasteiger partial charge is 0.493 e. The smallest absolute Gasteiger partial charge is 0.264 e. The van der Waals surface area contributed by atoms with E-state index in [2.05, 4.69) is 47.4 Å². The van der Waals surface area contributed by atoms with Crippen LogP contribution in [0.5, 0.6) is 11.5 Å². The molecule has 1 aliphatic rings. The molecule has 4 aromatic carbocycles. The van der Waals surface area contributed by atoms with Crippen LogP contribution in [0, 0.1) is 11.3 Å². The number of amides is 1. The van der Waals surface area contributed by atoms with Gasteiger partial charge in [0.25, 0.3) is 5.91 Å². The Morgan fingerprint density at radius 3 is 2.39 bits per heavy atom. The van der Waals surface area contributed by atoms with Gasteiger partial charge in [0.1, 0.15) is 18.2 Å². The van der Waals surface area contributed by atoms with Crippen LogP contribution in [0.4, 0.5) is 5.69 Å². The summed E-state index contributed by atoms with van der Waals surface area (Å²) in [7, 11) is 1.58. The number of carbonyl (C=O) groups is 1. The van der Waals surface area contributed by atoms with Crippen LogP contribution >= 0.6 is 0 Å². The lowest BCUT2D eigenvalue weighted by atomic mass is 10.1. The molecular weight excluding hydrogens is 474 g/mol. The van der Waals surface area contributed by atoms with Crippen LogP contribution < -0.4 is 14.4 Å². The van der Waals surface area contributed by atoms with Gasteiger partial charge in [0.2, 0.25) is 0 Å². The molecule has 0 aliphatic carbocycles. The van der Waals surface area contributed by atoms with Gasteiger partial charge in [-0.3, -0.25) is 4.79 Å². The van der Waals surface area contributed by atoms with Gasteiger partial charge < -0.3 is 19.3 Å². The standard InChI is InChI=1S/C32H29N3O3/c1-37-31-21-24(14-15-30(31)38-23-26-10-7-9-25-8-5-6-13-29(25)26)20-27(22-33)32(36)35-18-16-34(17-19-35)28-11-3-2-4-12-28/h2-15,20-21H,16-19,23H2,1H3/b27-20-. The van der Waals surface area contributed by atoms with Gasteiger partial charge in [-0.1, -0.05) is 66.7 Å². The van der Waals surface area contributed by atoms with Crippen molar-refractivity contribution in [2.75, 3.05) is 38.2 Å². The lowest BCUT2D eigenvalue weighted by molar-refractivity contribution is -0.126. The Hall–Kier alpha value is -4.76. The maximum absolute atomic E-state index is 13.1. The Kier molecular flexibility index (Phi) is 7.56. The van der Waals surface area contributed by atoms with Crippen LogP contribution in [-0.4, -0.2) is 44.1 Å². The van der Waals surface area contributed by atoms with Gasteiger partial charge in [0.05, 0.1) is 7.11 Å². The quantitative estimate of drug-likeness (QED) is 0.240. The summed E-state index contributed by atoms with van der Waals surface area (Å²) < 4.78 is 11.7. The first-order valence-corrected chi connectivity index (χ1v) is 12.6. The number of hydrogen-bond donors (Lipinski definition) is 0. The molecule has 6 heteroatoms. The van der Waals surface area contributed by atoms with Crippen LogP contribution in [-0.2, 0) is 11.4 Å². The molecule has 0 N–H and O–H groups in total. The Labute approximate surface area is 222 Å². The molecule has 5 rings (SSSR count). The predicted octanol–water partition coefficient (Wildman–Crippen LogP) is 5.68. The van der Waals surface area contributed by atoms with E-state index in [1.165, 1.54) is 0 Å². The fourth-order valence-electron chi connectivity index (χ4n) is 4.75. The highest BCUT2D eigenvalue weighted by Crippen LogP contribution is 2.31. The molecule has 0 spiro atoms. The SMILES string of the molecule is COc1cc(/C=C(/C#N)C(=O)N2CCN(c3ccccc3)CC2)ccc1OCc1cccc2ccccc12. The molecule has 0 saturated carbocycles. The van der Waals surface area contributed by atoms with Crippen molar-refractivity contribution in [2.45, 2.75) is 6.61 Å². The summed E-state index contributed by atoms with van der Waals surface area (Å²) in [6.45, 7) is 2.98. The van der Waals surface area contributed by atoms with E-state index in [-0.39, 0.29) is 11.5 Å². The first kappa shape index (κ1) is 24.9. The normalized spacial score (nSPS) is 13.7. The molecule has 1 aliphatic heterocycles. The van der Waals surface area contributed by atoms with Crippen LogP contribution in [0.2, 0.25) is 0 Å². The van der Waals surface area contributed by atoms with Gasteiger partial charge in [-0.05, 0) is 52.2 Å². The molecule has 38 heavy (non-hydrogen) atoms. The minimum absolute atomic E-state index is 0.102. The summed E-state index contributed by atoms with van der Waals surface area (Å²) in [6, 6.07) is 32.0. The maximum atomic E-state index is 13.1. The van der Waals surface area contributed by atoms with Gasteiger partial charge in [-0.15, -0.1) is 0 Å². The van der Waals surface area contributed by atoms with Crippen molar-refractivity contribution in [1.29, 1.82) is 5.26 Å². The number of carbonyl (C=O) groups excluding carboxylic acids is 1. The monoisotopic (exact) mass is 503 g/mol. The molecule has 1 heterocycles. The second-order valence-corrected chi connectivity index (χ2v) is 9.12. The highest BCUT2D eigenvalue weighted by atomic mass is 16.5. The van der Waals surface area contributed by atoms with E-state index in [1.54, 1.807) is 24.2 Å². The number of nitriles is 1. The second-order valence-electron chi connectivity index (χ2n) is 9.12. The Morgan fingerprint density at radius 1 is 0.895 bits per heavy atom. The molecule has 0 bridgehead atoms. The van der Waals surface area contributed by atoms with Crippen LogP contribution in [0.3, 0.4) is 0 Å². The summed E-state index contributed by atoms with van der Waals surface area (Å²) in [6.07, 6.45) is 1.61. The van der Waals surface area contributed by atoms with E-state index in [9.17, 15) is 10.1 Å². The molecule has 0 aromatic heterocycles. The second kappa shape index (κ2) is 11.5. The number of anilines is 1. The van der Waals surface area contributed by atoms with Crippen molar-refractivity contribution in [1.82, 2.24) is 4.90 Å². The predicted molar refractivity (Wildman–Crippen MR) is 150 cm³/mol.